The minimum Gasteiger partial charge on any atom is -0.324 e. The van der Waals surface area contributed by atoms with Crippen LogP contribution in [0.15, 0.2) is 47.4 Å². The maximum absolute atomic E-state index is 12.4. The lowest BCUT2D eigenvalue weighted by atomic mass is 10.0. The minimum absolute atomic E-state index is 0.0330. The Hall–Kier alpha value is -2.27. The molecule has 2 aromatic rings. The highest BCUT2D eigenvalue weighted by molar-refractivity contribution is 8.00. The van der Waals surface area contributed by atoms with Crippen molar-refractivity contribution in [2.24, 2.45) is 0 Å². The number of hydrogen-bond donors (Lipinski definition) is 2. The van der Waals surface area contributed by atoms with E-state index in [1.165, 1.54) is 17.3 Å². The van der Waals surface area contributed by atoms with Crippen LogP contribution in [0.1, 0.15) is 42.6 Å². The zero-order valence-corrected chi connectivity index (χ0v) is 14.7. The molecule has 4 nitrogen and oxygen atoms in total. The van der Waals surface area contributed by atoms with Crippen molar-refractivity contribution >= 4 is 35.0 Å². The van der Waals surface area contributed by atoms with Crippen molar-refractivity contribution in [3.63, 3.8) is 0 Å². The van der Waals surface area contributed by atoms with Crippen molar-refractivity contribution in [2.75, 3.05) is 10.6 Å². The third kappa shape index (κ3) is 3.46. The van der Waals surface area contributed by atoms with Gasteiger partial charge in [-0.15, -0.1) is 11.8 Å². The van der Waals surface area contributed by atoms with E-state index >= 15 is 0 Å². The highest BCUT2D eigenvalue weighted by Crippen LogP contribution is 2.36. The van der Waals surface area contributed by atoms with Crippen LogP contribution in [0.2, 0.25) is 0 Å². The SMILES string of the molecule is CC1Sc2ccc(C(=O)Nc3ccc(C(C)C)cc3)cc2NC1=O. The number of anilines is 2. The van der Waals surface area contributed by atoms with Crippen LogP contribution >= 0.6 is 11.8 Å². The summed E-state index contributed by atoms with van der Waals surface area (Å²) in [5.74, 6) is 0.237. The van der Waals surface area contributed by atoms with Crippen molar-refractivity contribution in [2.45, 2.75) is 36.8 Å². The molecule has 0 saturated heterocycles. The van der Waals surface area contributed by atoms with Crippen LogP contribution in [-0.2, 0) is 4.79 Å². The van der Waals surface area contributed by atoms with Gasteiger partial charge in [0.25, 0.3) is 5.91 Å². The maximum Gasteiger partial charge on any atom is 0.255 e. The van der Waals surface area contributed by atoms with Gasteiger partial charge in [-0.1, -0.05) is 26.0 Å². The molecule has 3 rings (SSSR count). The fourth-order valence-corrected chi connectivity index (χ4v) is 3.44. The molecule has 1 heterocycles. The van der Waals surface area contributed by atoms with Crippen molar-refractivity contribution < 1.29 is 9.59 Å². The molecule has 124 valence electrons. The molecule has 24 heavy (non-hydrogen) atoms. The average Bonchev–Trinajstić information content (AvgIpc) is 2.56. The predicted octanol–water partition coefficient (Wildman–Crippen LogP) is 4.50. The standard InChI is InChI=1S/C19H20N2O2S/c1-11(2)13-4-7-15(8-5-13)20-19(23)14-6-9-17-16(10-14)21-18(22)12(3)24-17/h4-12H,1-3H3,(H,20,23)(H,21,22). The van der Waals surface area contributed by atoms with E-state index in [2.05, 4.69) is 24.5 Å². The van der Waals surface area contributed by atoms with Gasteiger partial charge in [-0.2, -0.15) is 0 Å². The zero-order valence-electron chi connectivity index (χ0n) is 13.9. The van der Waals surface area contributed by atoms with Gasteiger partial charge in [-0.25, -0.2) is 0 Å². The van der Waals surface area contributed by atoms with Gasteiger partial charge < -0.3 is 10.6 Å². The Bertz CT molecular complexity index is 784. The molecule has 2 aromatic carbocycles. The van der Waals surface area contributed by atoms with E-state index in [0.717, 1.165) is 10.6 Å². The summed E-state index contributed by atoms with van der Waals surface area (Å²) in [5.41, 5.74) is 3.22. The average molecular weight is 340 g/mol. The highest BCUT2D eigenvalue weighted by Gasteiger charge is 2.23. The summed E-state index contributed by atoms with van der Waals surface area (Å²) in [6.45, 7) is 6.13. The maximum atomic E-state index is 12.4. The van der Waals surface area contributed by atoms with Gasteiger partial charge in [0.15, 0.2) is 0 Å². The lowest BCUT2D eigenvalue weighted by Gasteiger charge is -2.21. The summed E-state index contributed by atoms with van der Waals surface area (Å²) in [5, 5.41) is 5.63. The topological polar surface area (TPSA) is 58.2 Å². The predicted molar refractivity (Wildman–Crippen MR) is 98.9 cm³/mol. The van der Waals surface area contributed by atoms with Gasteiger partial charge >= 0.3 is 0 Å². The second-order valence-electron chi connectivity index (χ2n) is 6.19. The largest absolute Gasteiger partial charge is 0.324 e. The molecule has 5 heteroatoms. The molecule has 2 amide bonds. The van der Waals surface area contributed by atoms with Crippen LogP contribution in [0.25, 0.3) is 0 Å². The molecule has 1 unspecified atom stereocenters. The molecule has 1 aliphatic rings. The summed E-state index contributed by atoms with van der Waals surface area (Å²) in [6.07, 6.45) is 0. The van der Waals surface area contributed by atoms with Gasteiger partial charge in [-0.05, 0) is 48.7 Å². The first-order chi connectivity index (χ1) is 11.4. The van der Waals surface area contributed by atoms with Gasteiger partial charge in [0, 0.05) is 16.1 Å². The molecular weight excluding hydrogens is 320 g/mol. The first-order valence-corrected chi connectivity index (χ1v) is 8.85. The van der Waals surface area contributed by atoms with Crippen molar-refractivity contribution in [3.8, 4) is 0 Å². The summed E-state index contributed by atoms with van der Waals surface area (Å²) < 4.78 is 0. The van der Waals surface area contributed by atoms with Crippen molar-refractivity contribution in [1.82, 2.24) is 0 Å². The molecule has 0 bridgehead atoms. The number of fused-ring (bicyclic) bond motifs is 1. The lowest BCUT2D eigenvalue weighted by molar-refractivity contribution is -0.115. The van der Waals surface area contributed by atoms with Gasteiger partial charge in [0.2, 0.25) is 5.91 Å². The number of hydrogen-bond acceptors (Lipinski definition) is 3. The van der Waals surface area contributed by atoms with E-state index in [-0.39, 0.29) is 17.1 Å². The second-order valence-corrected chi connectivity index (χ2v) is 7.57. The highest BCUT2D eigenvalue weighted by atomic mass is 32.2. The summed E-state index contributed by atoms with van der Waals surface area (Å²) in [4.78, 5) is 25.2. The quantitative estimate of drug-likeness (QED) is 0.865. The Balaban J connectivity index is 1.76. The van der Waals surface area contributed by atoms with Crippen LogP contribution in [-0.4, -0.2) is 17.1 Å². The molecule has 0 spiro atoms. The van der Waals surface area contributed by atoms with Crippen molar-refractivity contribution in [3.05, 3.63) is 53.6 Å². The normalized spacial score (nSPS) is 16.5. The van der Waals surface area contributed by atoms with Crippen LogP contribution in [0.5, 0.6) is 0 Å². The Morgan fingerprint density at radius 1 is 1.17 bits per heavy atom. The Morgan fingerprint density at radius 2 is 1.88 bits per heavy atom. The molecule has 0 aromatic heterocycles. The number of thioether (sulfide) groups is 1. The van der Waals surface area contributed by atoms with E-state index in [1.807, 2.05) is 37.3 Å². The Morgan fingerprint density at radius 3 is 2.54 bits per heavy atom. The molecule has 0 aliphatic carbocycles. The van der Waals surface area contributed by atoms with E-state index in [4.69, 9.17) is 0 Å². The van der Waals surface area contributed by atoms with Crippen LogP contribution in [0, 0.1) is 0 Å². The molecule has 0 saturated carbocycles. The molecule has 1 aliphatic heterocycles. The number of rotatable bonds is 3. The van der Waals surface area contributed by atoms with Gasteiger partial charge in [0.05, 0.1) is 10.9 Å². The Labute approximate surface area is 146 Å². The third-order valence-electron chi connectivity index (χ3n) is 4.01. The molecular formula is C19H20N2O2S. The van der Waals surface area contributed by atoms with Crippen LogP contribution in [0.3, 0.4) is 0 Å². The molecule has 0 radical (unpaired) electrons. The van der Waals surface area contributed by atoms with E-state index in [9.17, 15) is 9.59 Å². The summed E-state index contributed by atoms with van der Waals surface area (Å²) in [6, 6.07) is 13.2. The number of benzene rings is 2. The summed E-state index contributed by atoms with van der Waals surface area (Å²) in [7, 11) is 0. The zero-order chi connectivity index (χ0) is 17.3. The first-order valence-electron chi connectivity index (χ1n) is 7.97. The van der Waals surface area contributed by atoms with Crippen LogP contribution in [0.4, 0.5) is 11.4 Å². The molecule has 2 N–H and O–H groups in total. The van der Waals surface area contributed by atoms with E-state index in [0.29, 0.717) is 17.2 Å². The fraction of sp³-hybridized carbons (Fsp3) is 0.263. The summed E-state index contributed by atoms with van der Waals surface area (Å²) >= 11 is 1.50. The van der Waals surface area contributed by atoms with Gasteiger partial charge in [0.1, 0.15) is 0 Å². The molecule has 0 fully saturated rings. The number of nitrogens with one attached hydrogen (secondary N) is 2. The molecule has 1 atom stereocenters. The second kappa shape index (κ2) is 6.69. The number of amides is 2. The monoisotopic (exact) mass is 340 g/mol. The third-order valence-corrected chi connectivity index (χ3v) is 5.19. The smallest absolute Gasteiger partial charge is 0.255 e. The Kier molecular flexibility index (Phi) is 4.62. The van der Waals surface area contributed by atoms with E-state index in [1.54, 1.807) is 12.1 Å². The van der Waals surface area contributed by atoms with Gasteiger partial charge in [-0.3, -0.25) is 9.59 Å². The minimum atomic E-state index is -0.187. The number of carbonyl (C=O) groups excluding carboxylic acids is 2. The lowest BCUT2D eigenvalue weighted by Crippen LogP contribution is -2.26. The van der Waals surface area contributed by atoms with E-state index < -0.39 is 0 Å². The number of carbonyl (C=O) groups is 2. The first kappa shape index (κ1) is 16.6. The fourth-order valence-electron chi connectivity index (χ4n) is 2.50. The van der Waals surface area contributed by atoms with Crippen molar-refractivity contribution in [1.29, 1.82) is 0 Å². The van der Waals surface area contributed by atoms with Crippen LogP contribution < -0.4 is 10.6 Å².